The fourth-order valence-corrected chi connectivity index (χ4v) is 2.55. The van der Waals surface area contributed by atoms with E-state index in [4.69, 9.17) is 9.47 Å². The minimum atomic E-state index is 0.553. The second-order valence-electron chi connectivity index (χ2n) is 4.57. The summed E-state index contributed by atoms with van der Waals surface area (Å²) in [6.45, 7) is 2.80. The van der Waals surface area contributed by atoms with Crippen molar-refractivity contribution in [2.45, 2.75) is 25.3 Å². The molecule has 0 saturated carbocycles. The summed E-state index contributed by atoms with van der Waals surface area (Å²) >= 11 is 3.46. The van der Waals surface area contributed by atoms with E-state index in [1.165, 1.54) is 5.56 Å². The van der Waals surface area contributed by atoms with Crippen LogP contribution in [0.3, 0.4) is 0 Å². The molecule has 18 heavy (non-hydrogen) atoms. The molecule has 3 nitrogen and oxygen atoms in total. The largest absolute Gasteiger partial charge is 0.496 e. The molecule has 1 aromatic rings. The van der Waals surface area contributed by atoms with Crippen LogP contribution in [-0.2, 0) is 11.2 Å². The molecule has 0 amide bonds. The molecule has 1 heterocycles. The van der Waals surface area contributed by atoms with Crippen LogP contribution in [0.1, 0.15) is 18.4 Å². The van der Waals surface area contributed by atoms with E-state index < -0.39 is 0 Å². The zero-order chi connectivity index (χ0) is 12.8. The molecule has 0 spiro atoms. The smallest absolute Gasteiger partial charge is 0.123 e. The molecule has 1 unspecified atom stereocenters. The van der Waals surface area contributed by atoms with Crippen LogP contribution in [0.2, 0.25) is 0 Å². The number of benzene rings is 1. The number of aryl methyl sites for hydroxylation is 1. The molecule has 1 N–H and O–H groups in total. The van der Waals surface area contributed by atoms with Gasteiger partial charge in [0.1, 0.15) is 5.75 Å². The summed E-state index contributed by atoms with van der Waals surface area (Å²) in [5.41, 5.74) is 1.27. The normalized spacial score (nSPS) is 19.1. The molecular formula is C14H20BrNO2. The van der Waals surface area contributed by atoms with Crippen molar-refractivity contribution in [3.8, 4) is 5.75 Å². The molecule has 100 valence electrons. The summed E-state index contributed by atoms with van der Waals surface area (Å²) in [7, 11) is 1.72. The predicted octanol–water partition coefficient (Wildman–Crippen LogP) is 2.77. The van der Waals surface area contributed by atoms with Crippen LogP contribution in [-0.4, -0.2) is 32.9 Å². The first-order valence-corrected chi connectivity index (χ1v) is 7.22. The lowest BCUT2D eigenvalue weighted by Crippen LogP contribution is -2.30. The van der Waals surface area contributed by atoms with Crippen LogP contribution < -0.4 is 10.1 Å². The first-order valence-electron chi connectivity index (χ1n) is 6.43. The highest BCUT2D eigenvalue weighted by atomic mass is 79.9. The van der Waals surface area contributed by atoms with Gasteiger partial charge in [0.2, 0.25) is 0 Å². The predicted molar refractivity (Wildman–Crippen MR) is 76.2 cm³/mol. The molecule has 1 fully saturated rings. The summed E-state index contributed by atoms with van der Waals surface area (Å²) in [6, 6.07) is 6.77. The van der Waals surface area contributed by atoms with Crippen molar-refractivity contribution in [2.24, 2.45) is 0 Å². The van der Waals surface area contributed by atoms with Crippen molar-refractivity contribution >= 4 is 15.9 Å². The summed E-state index contributed by atoms with van der Waals surface area (Å²) in [5.74, 6) is 0.966. The molecule has 2 rings (SSSR count). The molecule has 1 saturated heterocycles. The van der Waals surface area contributed by atoms with Crippen LogP contribution in [0.15, 0.2) is 22.7 Å². The molecule has 4 heteroatoms. The monoisotopic (exact) mass is 313 g/mol. The van der Waals surface area contributed by atoms with Gasteiger partial charge in [-0.1, -0.05) is 22.0 Å². The average molecular weight is 314 g/mol. The number of methoxy groups -OCH3 is 1. The third kappa shape index (κ3) is 3.97. The van der Waals surface area contributed by atoms with Gasteiger partial charge in [-0.2, -0.15) is 0 Å². The number of hydrogen-bond acceptors (Lipinski definition) is 3. The zero-order valence-electron chi connectivity index (χ0n) is 10.7. The molecule has 0 bridgehead atoms. The van der Waals surface area contributed by atoms with Gasteiger partial charge in [0.15, 0.2) is 0 Å². The summed E-state index contributed by atoms with van der Waals surface area (Å²) in [6.07, 6.45) is 3.30. The lowest BCUT2D eigenvalue weighted by atomic mass is 10.1. The Balaban J connectivity index is 1.75. The highest BCUT2D eigenvalue weighted by molar-refractivity contribution is 9.10. The van der Waals surface area contributed by atoms with E-state index in [0.717, 1.165) is 49.2 Å². The second-order valence-corrected chi connectivity index (χ2v) is 5.49. The van der Waals surface area contributed by atoms with Crippen molar-refractivity contribution in [3.05, 3.63) is 28.2 Å². The van der Waals surface area contributed by atoms with E-state index in [1.807, 2.05) is 6.07 Å². The second kappa shape index (κ2) is 7.12. The fourth-order valence-electron chi connectivity index (χ4n) is 2.21. The van der Waals surface area contributed by atoms with E-state index in [9.17, 15) is 0 Å². The first kappa shape index (κ1) is 13.8. The maximum Gasteiger partial charge on any atom is 0.123 e. The molecule has 0 aliphatic carbocycles. The van der Waals surface area contributed by atoms with Crippen LogP contribution in [0.4, 0.5) is 0 Å². The van der Waals surface area contributed by atoms with Crippen molar-refractivity contribution < 1.29 is 9.47 Å². The van der Waals surface area contributed by atoms with E-state index in [2.05, 4.69) is 33.4 Å². The van der Waals surface area contributed by atoms with Crippen LogP contribution >= 0.6 is 15.9 Å². The lowest BCUT2D eigenvalue weighted by Gasteiger charge is -2.12. The maximum absolute atomic E-state index is 5.39. The van der Waals surface area contributed by atoms with Gasteiger partial charge in [-0.3, -0.25) is 0 Å². The van der Waals surface area contributed by atoms with Crippen LogP contribution in [0, 0.1) is 0 Å². The van der Waals surface area contributed by atoms with Crippen LogP contribution in [0.5, 0.6) is 5.75 Å². The Kier molecular flexibility index (Phi) is 5.47. The molecule has 1 aliphatic rings. The Morgan fingerprint density at radius 1 is 1.50 bits per heavy atom. The number of nitrogens with one attached hydrogen (secondary N) is 1. The summed E-state index contributed by atoms with van der Waals surface area (Å²) < 4.78 is 11.8. The van der Waals surface area contributed by atoms with Gasteiger partial charge < -0.3 is 14.8 Å². The highest BCUT2D eigenvalue weighted by Gasteiger charge is 2.14. The highest BCUT2D eigenvalue weighted by Crippen LogP contribution is 2.24. The van der Waals surface area contributed by atoms with E-state index in [-0.39, 0.29) is 0 Å². The van der Waals surface area contributed by atoms with Gasteiger partial charge in [-0.15, -0.1) is 0 Å². The van der Waals surface area contributed by atoms with Gasteiger partial charge in [0.25, 0.3) is 0 Å². The topological polar surface area (TPSA) is 30.5 Å². The first-order chi connectivity index (χ1) is 8.79. The van der Waals surface area contributed by atoms with E-state index in [1.54, 1.807) is 7.11 Å². The number of rotatable bonds is 6. The average Bonchev–Trinajstić information content (AvgIpc) is 2.89. The third-order valence-corrected chi connectivity index (χ3v) is 3.73. The number of halogens is 1. The van der Waals surface area contributed by atoms with E-state index >= 15 is 0 Å². The molecule has 0 aromatic heterocycles. The van der Waals surface area contributed by atoms with Crippen molar-refractivity contribution in [1.29, 1.82) is 0 Å². The molecule has 0 radical (unpaired) electrons. The van der Waals surface area contributed by atoms with Gasteiger partial charge in [0.05, 0.1) is 13.7 Å². The minimum absolute atomic E-state index is 0.553. The number of ether oxygens (including phenoxy) is 2. The Morgan fingerprint density at radius 3 is 3.11 bits per heavy atom. The molecular weight excluding hydrogens is 294 g/mol. The zero-order valence-corrected chi connectivity index (χ0v) is 12.3. The molecule has 1 atom stereocenters. The SMILES string of the molecule is COc1cc(Br)ccc1CCCNC1CCOC1. The van der Waals surface area contributed by atoms with Crippen molar-refractivity contribution in [2.75, 3.05) is 26.9 Å². The van der Waals surface area contributed by atoms with Gasteiger partial charge in [-0.25, -0.2) is 0 Å². The minimum Gasteiger partial charge on any atom is -0.496 e. The third-order valence-electron chi connectivity index (χ3n) is 3.23. The maximum atomic E-state index is 5.39. The lowest BCUT2D eigenvalue weighted by molar-refractivity contribution is 0.190. The Morgan fingerprint density at radius 2 is 2.39 bits per heavy atom. The van der Waals surface area contributed by atoms with E-state index in [0.29, 0.717) is 6.04 Å². The Bertz CT molecular complexity index is 378. The Hall–Kier alpha value is -0.580. The fraction of sp³-hybridized carbons (Fsp3) is 0.571. The summed E-state index contributed by atoms with van der Waals surface area (Å²) in [5, 5.41) is 3.53. The standard InChI is InChI=1S/C14H20BrNO2/c1-17-14-9-12(15)5-4-11(14)3-2-7-16-13-6-8-18-10-13/h4-5,9,13,16H,2-3,6-8,10H2,1H3. The van der Waals surface area contributed by atoms with Gasteiger partial charge in [0, 0.05) is 17.1 Å². The Labute approximate surface area is 117 Å². The van der Waals surface area contributed by atoms with Crippen LogP contribution in [0.25, 0.3) is 0 Å². The van der Waals surface area contributed by atoms with Gasteiger partial charge in [-0.05, 0) is 43.5 Å². The van der Waals surface area contributed by atoms with Gasteiger partial charge >= 0.3 is 0 Å². The quantitative estimate of drug-likeness (QED) is 0.819. The molecule has 1 aliphatic heterocycles. The van der Waals surface area contributed by atoms with Crippen molar-refractivity contribution in [3.63, 3.8) is 0 Å². The van der Waals surface area contributed by atoms with Crippen molar-refractivity contribution in [1.82, 2.24) is 5.32 Å². The summed E-state index contributed by atoms with van der Waals surface area (Å²) in [4.78, 5) is 0. The molecule has 1 aromatic carbocycles. The number of hydrogen-bond donors (Lipinski definition) is 1.